The Kier molecular flexibility index (Phi) is 16.2. The third-order valence-corrected chi connectivity index (χ3v) is 12.5. The number of imide groups is 3. The van der Waals surface area contributed by atoms with Crippen LogP contribution in [0.2, 0.25) is 0 Å². The molecule has 2 aromatic carbocycles. The van der Waals surface area contributed by atoms with Crippen LogP contribution in [0.25, 0.3) is 0 Å². The Morgan fingerprint density at radius 2 is 0.848 bits per heavy atom. The molecule has 66 heavy (non-hydrogen) atoms. The third kappa shape index (κ3) is 12.4. The number of nitrogens with one attached hydrogen (secondary N) is 1. The van der Waals surface area contributed by atoms with Crippen LogP contribution in [-0.2, 0) is 56.4 Å². The lowest BCUT2D eigenvalue weighted by Gasteiger charge is -2.35. The molecule has 0 radical (unpaired) electrons. The van der Waals surface area contributed by atoms with Crippen LogP contribution >= 0.6 is 0 Å². The van der Waals surface area contributed by atoms with Crippen molar-refractivity contribution in [3.63, 3.8) is 0 Å². The van der Waals surface area contributed by atoms with Crippen molar-refractivity contribution in [3.8, 4) is 0 Å². The van der Waals surface area contributed by atoms with Crippen LogP contribution in [0.4, 0.5) is 21.0 Å². The monoisotopic (exact) mass is 915 g/mol. The SMILES string of the molecule is Cc1ccc(N2CCCC2)c(CN2CCN(C(=O)ON3C(=O)CCC3=O)CC2)c1.Cc1ccc(N2CCCC2)c(CN2CCNCC2)c1.O=C(ON1C(=O)CCC1=O)ON1C(=O)CCC1=O. The molecule has 7 saturated heterocycles. The molecule has 9 rings (SSSR count). The standard InChI is InChI=1S/C21H28N4O4.C16H25N3.C9H8N2O7/c1-16-4-5-18(23-8-2-3-9-23)17(14-16)15-22-10-12-24(13-11-22)21(28)29-25-19(26)6-7-20(25)27;1-14-4-5-16(19-8-2-3-9-19)15(12-14)13-18-10-6-17-7-11-18;12-5-1-2-6(13)10(5)17-9(16)18-11-7(14)3-4-8(11)15/h4-5,14H,2-3,6-13,15H2,1H3;4-5,12,17H,2-3,6-11,13H2,1H3;1-4H2. The van der Waals surface area contributed by atoms with Gasteiger partial charge in [0.05, 0.1) is 0 Å². The van der Waals surface area contributed by atoms with Crippen LogP contribution in [0, 0.1) is 13.8 Å². The molecule has 7 aliphatic rings. The van der Waals surface area contributed by atoms with Gasteiger partial charge in [0.2, 0.25) is 0 Å². The summed E-state index contributed by atoms with van der Waals surface area (Å²) in [4.78, 5) is 116. The molecule has 2 aromatic rings. The van der Waals surface area contributed by atoms with Gasteiger partial charge in [0.15, 0.2) is 0 Å². The van der Waals surface area contributed by atoms with Gasteiger partial charge in [0, 0.05) is 142 Å². The lowest BCUT2D eigenvalue weighted by molar-refractivity contribution is -0.198. The van der Waals surface area contributed by atoms with Gasteiger partial charge < -0.3 is 24.9 Å². The first-order valence-corrected chi connectivity index (χ1v) is 23.1. The average Bonchev–Trinajstić information content (AvgIpc) is 4.18. The van der Waals surface area contributed by atoms with Crippen LogP contribution < -0.4 is 15.1 Å². The molecule has 0 saturated carbocycles. The quantitative estimate of drug-likeness (QED) is 0.359. The van der Waals surface area contributed by atoms with Gasteiger partial charge in [0.1, 0.15) is 0 Å². The molecule has 0 aliphatic carbocycles. The molecule has 7 fully saturated rings. The average molecular weight is 916 g/mol. The molecular formula is C46H61N9O11. The van der Waals surface area contributed by atoms with E-state index in [0.29, 0.717) is 18.2 Å². The molecule has 20 nitrogen and oxygen atoms in total. The largest absolute Gasteiger partial charge is 0.560 e. The number of aryl methyl sites for hydroxylation is 2. The van der Waals surface area contributed by atoms with Crippen LogP contribution in [0.1, 0.15) is 86.5 Å². The van der Waals surface area contributed by atoms with E-state index in [4.69, 9.17) is 4.84 Å². The van der Waals surface area contributed by atoms with Crippen molar-refractivity contribution in [1.82, 2.24) is 35.2 Å². The van der Waals surface area contributed by atoms with Gasteiger partial charge in [-0.1, -0.05) is 45.5 Å². The maximum absolute atomic E-state index is 12.3. The number of benzene rings is 2. The first-order valence-electron chi connectivity index (χ1n) is 23.1. The Labute approximate surface area is 384 Å². The Hall–Kier alpha value is -6.12. The van der Waals surface area contributed by atoms with Crippen LogP contribution in [0.15, 0.2) is 36.4 Å². The summed E-state index contributed by atoms with van der Waals surface area (Å²) in [6.07, 6.45) is 3.05. The second-order valence-corrected chi connectivity index (χ2v) is 17.5. The van der Waals surface area contributed by atoms with Crippen molar-refractivity contribution in [2.75, 3.05) is 88.3 Å². The fraction of sp³-hybridized carbons (Fsp3) is 0.565. The Morgan fingerprint density at radius 3 is 1.24 bits per heavy atom. The highest BCUT2D eigenvalue weighted by Gasteiger charge is 2.38. The highest BCUT2D eigenvalue weighted by atomic mass is 16.9. The summed E-state index contributed by atoms with van der Waals surface area (Å²) < 4.78 is 0. The Morgan fingerprint density at radius 1 is 0.485 bits per heavy atom. The molecule has 0 atom stereocenters. The van der Waals surface area contributed by atoms with Crippen molar-refractivity contribution in [2.45, 2.75) is 91.1 Å². The maximum Gasteiger partial charge on any atom is 0.560 e. The zero-order valence-corrected chi connectivity index (χ0v) is 38.0. The Balaban J connectivity index is 0.000000154. The highest BCUT2D eigenvalue weighted by molar-refractivity contribution is 6.03. The molecule has 0 bridgehead atoms. The molecule has 20 heteroatoms. The molecule has 1 N–H and O–H groups in total. The molecule has 356 valence electrons. The van der Waals surface area contributed by atoms with Crippen LogP contribution in [0.3, 0.4) is 0 Å². The maximum atomic E-state index is 12.3. The predicted octanol–water partition coefficient (Wildman–Crippen LogP) is 3.18. The first-order chi connectivity index (χ1) is 31.8. The van der Waals surface area contributed by atoms with Crippen molar-refractivity contribution in [1.29, 1.82) is 0 Å². The molecule has 7 aliphatic heterocycles. The zero-order chi connectivity index (χ0) is 46.7. The van der Waals surface area contributed by atoms with Gasteiger partial charge in [0.25, 0.3) is 35.4 Å². The molecule has 7 amide bonds. The van der Waals surface area contributed by atoms with Gasteiger partial charge in [-0.05, 0) is 62.8 Å². The van der Waals surface area contributed by atoms with Crippen LogP contribution in [0.5, 0.6) is 0 Å². The minimum atomic E-state index is -1.48. The highest BCUT2D eigenvalue weighted by Crippen LogP contribution is 2.29. The summed E-state index contributed by atoms with van der Waals surface area (Å²) in [6, 6.07) is 13.6. The summed E-state index contributed by atoms with van der Waals surface area (Å²) >= 11 is 0. The topological polar surface area (TPSA) is 202 Å². The van der Waals surface area contributed by atoms with E-state index < -0.39 is 47.7 Å². The summed E-state index contributed by atoms with van der Waals surface area (Å²) in [5.41, 5.74) is 8.28. The number of rotatable bonds is 9. The van der Waals surface area contributed by atoms with E-state index in [1.165, 1.54) is 85.5 Å². The second kappa shape index (κ2) is 22.4. The first kappa shape index (κ1) is 47.8. The fourth-order valence-corrected chi connectivity index (χ4v) is 8.93. The van der Waals surface area contributed by atoms with E-state index >= 15 is 0 Å². The van der Waals surface area contributed by atoms with Crippen molar-refractivity contribution >= 4 is 59.1 Å². The molecule has 0 spiro atoms. The number of nitrogens with zero attached hydrogens (tertiary/aromatic N) is 8. The van der Waals surface area contributed by atoms with E-state index in [1.807, 2.05) is 0 Å². The summed E-state index contributed by atoms with van der Waals surface area (Å²) in [7, 11) is 0. The molecule has 7 heterocycles. The molecular weight excluding hydrogens is 855 g/mol. The summed E-state index contributed by atoms with van der Waals surface area (Å²) in [5, 5.41) is 4.56. The zero-order valence-electron chi connectivity index (χ0n) is 38.0. The predicted molar refractivity (Wildman–Crippen MR) is 238 cm³/mol. The lowest BCUT2D eigenvalue weighted by atomic mass is 10.1. The van der Waals surface area contributed by atoms with Gasteiger partial charge in [-0.25, -0.2) is 4.79 Å². The van der Waals surface area contributed by atoms with Gasteiger partial charge in [-0.3, -0.25) is 48.2 Å². The summed E-state index contributed by atoms with van der Waals surface area (Å²) in [5.74, 6) is -3.63. The fourth-order valence-electron chi connectivity index (χ4n) is 8.93. The molecule has 0 aromatic heterocycles. The minimum Gasteiger partial charge on any atom is -0.371 e. The summed E-state index contributed by atoms with van der Waals surface area (Å²) in [6.45, 7) is 18.1. The Bertz CT molecular complexity index is 2060. The van der Waals surface area contributed by atoms with E-state index in [1.54, 1.807) is 4.90 Å². The lowest BCUT2D eigenvalue weighted by Crippen LogP contribution is -2.50. The van der Waals surface area contributed by atoms with Crippen molar-refractivity contribution in [3.05, 3.63) is 58.7 Å². The van der Waals surface area contributed by atoms with Crippen molar-refractivity contribution in [2.24, 2.45) is 0 Å². The number of hydroxylamine groups is 6. The number of carbonyl (C=O) groups is 8. The second-order valence-electron chi connectivity index (χ2n) is 17.5. The smallest absolute Gasteiger partial charge is 0.371 e. The van der Waals surface area contributed by atoms with Gasteiger partial charge >= 0.3 is 12.2 Å². The minimum absolute atomic E-state index is 0.0618. The van der Waals surface area contributed by atoms with E-state index in [0.717, 1.165) is 52.4 Å². The van der Waals surface area contributed by atoms with E-state index in [9.17, 15) is 38.4 Å². The van der Waals surface area contributed by atoms with E-state index in [-0.39, 0.29) is 48.7 Å². The van der Waals surface area contributed by atoms with Crippen LogP contribution in [-0.4, -0.2) is 156 Å². The number of hydrogen-bond donors (Lipinski definition) is 1. The number of amides is 7. The number of anilines is 2. The molecule has 0 unspecified atom stereocenters. The van der Waals surface area contributed by atoms with E-state index in [2.05, 4.69) is 84.8 Å². The normalized spacial score (nSPS) is 20.5. The van der Waals surface area contributed by atoms with Gasteiger partial charge in [-0.15, -0.1) is 5.06 Å². The number of hydrogen-bond acceptors (Lipinski definition) is 16. The number of carbonyl (C=O) groups excluding carboxylic acids is 8. The van der Waals surface area contributed by atoms with Crippen molar-refractivity contribution < 1.29 is 52.9 Å². The number of piperazine rings is 2. The third-order valence-electron chi connectivity index (χ3n) is 12.5. The van der Waals surface area contributed by atoms with Gasteiger partial charge in [-0.2, -0.15) is 4.79 Å².